The highest BCUT2D eigenvalue weighted by atomic mass is 16.5. The number of ether oxygens (including phenoxy) is 1. The molecule has 0 bridgehead atoms. The van der Waals surface area contributed by atoms with Gasteiger partial charge in [0.05, 0.1) is 13.2 Å². The summed E-state index contributed by atoms with van der Waals surface area (Å²) in [5, 5.41) is 0. The van der Waals surface area contributed by atoms with Crippen LogP contribution in [-0.4, -0.2) is 47.4 Å². The second-order valence-corrected chi connectivity index (χ2v) is 7.80. The highest BCUT2D eigenvalue weighted by Gasteiger charge is 2.48. The molecule has 2 aromatic rings. The van der Waals surface area contributed by atoms with E-state index in [1.54, 1.807) is 20.2 Å². The lowest BCUT2D eigenvalue weighted by atomic mass is 9.87. The highest BCUT2D eigenvalue weighted by Crippen LogP contribution is 2.46. The molecular formula is C22H27N3O2. The lowest BCUT2D eigenvalue weighted by Crippen LogP contribution is -2.34. The second-order valence-electron chi connectivity index (χ2n) is 7.80. The Hall–Kier alpha value is -2.40. The van der Waals surface area contributed by atoms with E-state index in [1.807, 2.05) is 6.07 Å². The number of rotatable bonds is 4. The number of carbonyl (C=O) groups excluding carboxylic acids is 1. The predicted molar refractivity (Wildman–Crippen MR) is 104 cm³/mol. The van der Waals surface area contributed by atoms with E-state index in [2.05, 4.69) is 52.0 Å². The van der Waals surface area contributed by atoms with Crippen molar-refractivity contribution in [1.82, 2.24) is 14.8 Å². The number of aryl methyl sites for hydroxylation is 1. The highest BCUT2D eigenvalue weighted by molar-refractivity contribution is 5.74. The summed E-state index contributed by atoms with van der Waals surface area (Å²) in [6, 6.07) is 12.7. The Morgan fingerprint density at radius 2 is 2.04 bits per heavy atom. The van der Waals surface area contributed by atoms with E-state index in [0.29, 0.717) is 17.7 Å². The maximum Gasteiger partial charge on any atom is 0.219 e. The first-order valence-corrected chi connectivity index (χ1v) is 9.61. The molecule has 0 saturated carbocycles. The topological polar surface area (TPSA) is 45.7 Å². The summed E-state index contributed by atoms with van der Waals surface area (Å²) in [5.41, 5.74) is 3.79. The number of pyridine rings is 1. The van der Waals surface area contributed by atoms with Crippen LogP contribution < -0.4 is 4.74 Å². The maximum atomic E-state index is 12.3. The molecule has 0 N–H and O–H groups in total. The monoisotopic (exact) mass is 365 g/mol. The van der Waals surface area contributed by atoms with Gasteiger partial charge in [0.2, 0.25) is 11.8 Å². The fourth-order valence-corrected chi connectivity index (χ4v) is 4.83. The maximum absolute atomic E-state index is 12.3. The predicted octanol–water partition coefficient (Wildman–Crippen LogP) is 3.05. The Kier molecular flexibility index (Phi) is 4.87. The molecule has 0 unspecified atom stereocenters. The van der Waals surface area contributed by atoms with E-state index < -0.39 is 0 Å². The fourth-order valence-electron chi connectivity index (χ4n) is 4.83. The molecule has 1 amide bonds. The summed E-state index contributed by atoms with van der Waals surface area (Å²) in [4.78, 5) is 21.1. The van der Waals surface area contributed by atoms with Crippen molar-refractivity contribution in [3.63, 3.8) is 0 Å². The number of methoxy groups -OCH3 is 1. The number of amides is 1. The van der Waals surface area contributed by atoms with E-state index in [0.717, 1.165) is 26.2 Å². The summed E-state index contributed by atoms with van der Waals surface area (Å²) in [6.07, 6.45) is 1.80. The molecule has 3 atom stereocenters. The molecule has 4 rings (SSSR count). The molecule has 2 aliphatic heterocycles. The number of carbonyl (C=O) groups is 1. The Bertz CT molecular complexity index is 838. The molecular weight excluding hydrogens is 338 g/mol. The van der Waals surface area contributed by atoms with Gasteiger partial charge in [0.25, 0.3) is 0 Å². The van der Waals surface area contributed by atoms with Crippen LogP contribution in [0, 0.1) is 18.8 Å². The molecule has 1 aromatic carbocycles. The van der Waals surface area contributed by atoms with Crippen molar-refractivity contribution in [2.24, 2.45) is 11.8 Å². The van der Waals surface area contributed by atoms with Crippen LogP contribution in [0.25, 0.3) is 0 Å². The van der Waals surface area contributed by atoms with Crippen molar-refractivity contribution >= 4 is 5.91 Å². The number of nitrogens with zero attached hydrogens (tertiary/aromatic N) is 3. The molecule has 0 spiro atoms. The van der Waals surface area contributed by atoms with E-state index >= 15 is 0 Å². The first-order valence-electron chi connectivity index (χ1n) is 9.61. The van der Waals surface area contributed by atoms with E-state index in [4.69, 9.17) is 4.74 Å². The zero-order valence-corrected chi connectivity index (χ0v) is 16.3. The molecule has 5 nitrogen and oxygen atoms in total. The normalized spacial score (nSPS) is 24.9. The van der Waals surface area contributed by atoms with Gasteiger partial charge in [-0.15, -0.1) is 0 Å². The van der Waals surface area contributed by atoms with Gasteiger partial charge in [-0.25, -0.2) is 4.98 Å². The van der Waals surface area contributed by atoms with Crippen molar-refractivity contribution in [3.05, 3.63) is 59.3 Å². The number of hydrogen-bond acceptors (Lipinski definition) is 4. The van der Waals surface area contributed by atoms with Gasteiger partial charge in [0.15, 0.2) is 0 Å². The third-order valence-electron chi connectivity index (χ3n) is 6.07. The van der Waals surface area contributed by atoms with Crippen LogP contribution in [0.3, 0.4) is 0 Å². The molecule has 2 aliphatic rings. The van der Waals surface area contributed by atoms with Crippen molar-refractivity contribution in [2.75, 3.05) is 26.7 Å². The second kappa shape index (κ2) is 7.31. The minimum atomic E-state index is 0.183. The number of fused-ring (bicyclic) bond motifs is 1. The lowest BCUT2D eigenvalue weighted by Gasteiger charge is -2.30. The average Bonchev–Trinajstić information content (AvgIpc) is 3.20. The SMILES string of the molecule is COc1cc(CN2C[C@@H]3CN(C(C)=O)[C@@H](c4ccccc4C)[C@@H]3C2)ccn1. The molecule has 2 saturated heterocycles. The number of hydrogen-bond donors (Lipinski definition) is 0. The van der Waals surface area contributed by atoms with Crippen LogP contribution in [-0.2, 0) is 11.3 Å². The molecule has 0 aliphatic carbocycles. The van der Waals surface area contributed by atoms with E-state index in [9.17, 15) is 4.79 Å². The van der Waals surface area contributed by atoms with Gasteiger partial charge in [0.1, 0.15) is 0 Å². The largest absolute Gasteiger partial charge is 0.481 e. The number of benzene rings is 1. The Morgan fingerprint density at radius 3 is 2.78 bits per heavy atom. The molecule has 0 radical (unpaired) electrons. The van der Waals surface area contributed by atoms with Crippen molar-refractivity contribution in [1.29, 1.82) is 0 Å². The fraction of sp³-hybridized carbons (Fsp3) is 0.455. The first-order chi connectivity index (χ1) is 13.1. The Labute approximate surface area is 161 Å². The smallest absolute Gasteiger partial charge is 0.219 e. The summed E-state index contributed by atoms with van der Waals surface area (Å²) in [7, 11) is 1.65. The summed E-state index contributed by atoms with van der Waals surface area (Å²) < 4.78 is 5.25. The molecule has 1 aromatic heterocycles. The molecule has 27 heavy (non-hydrogen) atoms. The lowest BCUT2D eigenvalue weighted by molar-refractivity contribution is -0.130. The summed E-state index contributed by atoms with van der Waals surface area (Å²) >= 11 is 0. The van der Waals surface area contributed by atoms with Gasteiger partial charge in [-0.2, -0.15) is 0 Å². The van der Waals surface area contributed by atoms with Crippen LogP contribution in [0.2, 0.25) is 0 Å². The third kappa shape index (κ3) is 3.44. The number of likely N-dealkylation sites (tertiary alicyclic amines) is 2. The van der Waals surface area contributed by atoms with Crippen molar-refractivity contribution in [2.45, 2.75) is 26.4 Å². The Balaban J connectivity index is 1.55. The zero-order chi connectivity index (χ0) is 19.0. The van der Waals surface area contributed by atoms with Gasteiger partial charge in [-0.3, -0.25) is 9.69 Å². The molecule has 2 fully saturated rings. The molecule has 3 heterocycles. The van der Waals surface area contributed by atoms with Crippen LogP contribution in [0.1, 0.15) is 29.7 Å². The Morgan fingerprint density at radius 1 is 1.22 bits per heavy atom. The summed E-state index contributed by atoms with van der Waals surface area (Å²) in [6.45, 7) is 7.64. The van der Waals surface area contributed by atoms with Crippen LogP contribution in [0.5, 0.6) is 5.88 Å². The molecule has 5 heteroatoms. The summed E-state index contributed by atoms with van der Waals surface area (Å²) in [5.74, 6) is 1.86. The standard InChI is InChI=1S/C22H27N3O2/c1-15-6-4-5-7-19(15)22-20-14-24(12-18(20)13-25(22)16(2)26)11-17-8-9-23-21(10-17)27-3/h4-10,18,20,22H,11-14H2,1-3H3/t18-,20-,22+/m1/s1. The van der Waals surface area contributed by atoms with Crippen LogP contribution >= 0.6 is 0 Å². The van der Waals surface area contributed by atoms with Gasteiger partial charge in [0, 0.05) is 51.3 Å². The van der Waals surface area contributed by atoms with Gasteiger partial charge in [-0.1, -0.05) is 24.3 Å². The third-order valence-corrected chi connectivity index (χ3v) is 6.07. The van der Waals surface area contributed by atoms with Crippen molar-refractivity contribution in [3.8, 4) is 5.88 Å². The minimum absolute atomic E-state index is 0.183. The van der Waals surface area contributed by atoms with Crippen LogP contribution in [0.4, 0.5) is 0 Å². The van der Waals surface area contributed by atoms with Gasteiger partial charge < -0.3 is 9.64 Å². The molecule has 142 valence electrons. The quantitative estimate of drug-likeness (QED) is 0.835. The zero-order valence-electron chi connectivity index (χ0n) is 16.3. The average molecular weight is 365 g/mol. The van der Waals surface area contributed by atoms with Gasteiger partial charge in [-0.05, 0) is 35.6 Å². The van der Waals surface area contributed by atoms with Crippen LogP contribution in [0.15, 0.2) is 42.6 Å². The number of aromatic nitrogens is 1. The van der Waals surface area contributed by atoms with E-state index in [1.165, 1.54) is 16.7 Å². The first kappa shape index (κ1) is 18.0. The van der Waals surface area contributed by atoms with Gasteiger partial charge >= 0.3 is 0 Å². The van der Waals surface area contributed by atoms with Crippen molar-refractivity contribution < 1.29 is 9.53 Å². The minimum Gasteiger partial charge on any atom is -0.481 e. The van der Waals surface area contributed by atoms with E-state index in [-0.39, 0.29) is 11.9 Å².